The number of rotatable bonds is 8. The van der Waals surface area contributed by atoms with Crippen molar-refractivity contribution >= 4 is 22.6 Å². The maximum atomic E-state index is 14.8. The number of ether oxygens (including phenoxy) is 1. The largest absolute Gasteiger partial charge is 0.435 e. The predicted molar refractivity (Wildman–Crippen MR) is 128 cm³/mol. The van der Waals surface area contributed by atoms with Gasteiger partial charge in [0.1, 0.15) is 16.7 Å². The van der Waals surface area contributed by atoms with Gasteiger partial charge in [0.2, 0.25) is 17.6 Å². The highest BCUT2D eigenvalue weighted by Gasteiger charge is 2.30. The third kappa shape index (κ3) is 6.02. The zero-order chi connectivity index (χ0) is 27.4. The number of hydrogen-bond acceptors (Lipinski definition) is 6. The summed E-state index contributed by atoms with van der Waals surface area (Å²) in [4.78, 5) is 12.2. The number of nitrogens with zero attached hydrogens (tertiary/aromatic N) is 3. The van der Waals surface area contributed by atoms with E-state index in [1.807, 2.05) is 4.72 Å². The number of alkyl halides is 3. The normalized spacial score (nSPS) is 12.2. The number of aromatic nitrogens is 3. The average Bonchev–Trinajstić information content (AvgIpc) is 2.90. The average molecular weight is 553 g/mol. The molecular formula is C24H17F6N5O2S. The number of hydrogen-bond donors (Lipinski definition) is 2. The van der Waals surface area contributed by atoms with E-state index >= 15 is 0 Å². The third-order valence-corrected chi connectivity index (χ3v) is 6.08. The first kappa shape index (κ1) is 26.9. The van der Waals surface area contributed by atoms with Gasteiger partial charge >= 0.3 is 6.18 Å². The van der Waals surface area contributed by atoms with Crippen LogP contribution in [0.2, 0.25) is 0 Å². The van der Waals surface area contributed by atoms with E-state index in [0.29, 0.717) is 11.8 Å². The van der Waals surface area contributed by atoms with Crippen molar-refractivity contribution in [3.8, 4) is 22.9 Å². The molecule has 0 amide bonds. The van der Waals surface area contributed by atoms with Crippen LogP contribution in [0.1, 0.15) is 11.1 Å². The summed E-state index contributed by atoms with van der Waals surface area (Å²) >= 11 is 0. The monoisotopic (exact) mass is 553 g/mol. The van der Waals surface area contributed by atoms with Gasteiger partial charge in [0, 0.05) is 25.5 Å². The fourth-order valence-electron chi connectivity index (χ4n) is 3.23. The molecule has 0 spiro atoms. The molecule has 7 nitrogen and oxygen atoms in total. The number of benzene rings is 2. The lowest BCUT2D eigenvalue weighted by molar-refractivity contribution is -0.137. The molecule has 14 heteroatoms. The first-order valence-electron chi connectivity index (χ1n) is 10.7. The second kappa shape index (κ2) is 11.0. The van der Waals surface area contributed by atoms with Crippen molar-refractivity contribution in [2.75, 3.05) is 17.1 Å². The van der Waals surface area contributed by atoms with Crippen LogP contribution in [0.15, 0.2) is 60.9 Å². The van der Waals surface area contributed by atoms with E-state index in [1.165, 1.54) is 18.5 Å². The van der Waals surface area contributed by atoms with Gasteiger partial charge in [-0.25, -0.2) is 27.9 Å². The maximum absolute atomic E-state index is 14.8. The van der Waals surface area contributed by atoms with Gasteiger partial charge in [0.05, 0.1) is 22.6 Å². The molecule has 0 saturated heterocycles. The van der Waals surface area contributed by atoms with Crippen molar-refractivity contribution in [3.63, 3.8) is 0 Å². The zero-order valence-electron chi connectivity index (χ0n) is 19.3. The summed E-state index contributed by atoms with van der Waals surface area (Å²) in [6.45, 7) is 0. The van der Waals surface area contributed by atoms with Crippen molar-refractivity contribution in [2.24, 2.45) is 0 Å². The van der Waals surface area contributed by atoms with Gasteiger partial charge in [-0.1, -0.05) is 12.1 Å². The highest BCUT2D eigenvalue weighted by Crippen LogP contribution is 2.36. The van der Waals surface area contributed by atoms with Gasteiger partial charge < -0.3 is 10.1 Å². The van der Waals surface area contributed by atoms with Crippen molar-refractivity contribution in [3.05, 3.63) is 89.5 Å². The molecule has 4 aromatic rings. The molecule has 2 aromatic heterocycles. The highest BCUT2D eigenvalue weighted by molar-refractivity contribution is 7.85. The molecular weight excluding hydrogens is 536 g/mol. The predicted octanol–water partition coefficient (Wildman–Crippen LogP) is 6.08. The summed E-state index contributed by atoms with van der Waals surface area (Å²) in [5.74, 6) is -5.77. The maximum Gasteiger partial charge on any atom is 0.416 e. The molecule has 198 valence electrons. The molecule has 0 aliphatic rings. The van der Waals surface area contributed by atoms with Gasteiger partial charge in [-0.2, -0.15) is 17.6 Å². The van der Waals surface area contributed by atoms with Crippen molar-refractivity contribution in [2.45, 2.75) is 11.9 Å². The molecule has 4 rings (SSSR count). The molecule has 1 atom stereocenters. The van der Waals surface area contributed by atoms with Crippen LogP contribution in [-0.2, 0) is 22.9 Å². The van der Waals surface area contributed by atoms with E-state index in [0.717, 1.165) is 24.3 Å². The topological polar surface area (TPSA) is 89.0 Å². The van der Waals surface area contributed by atoms with Gasteiger partial charge in [-0.05, 0) is 35.9 Å². The fraction of sp³-hybridized carbons (Fsp3) is 0.125. The Morgan fingerprint density at radius 1 is 0.974 bits per heavy atom. The number of halogens is 6. The van der Waals surface area contributed by atoms with E-state index in [9.17, 15) is 30.6 Å². The Bertz CT molecular complexity index is 1480. The van der Waals surface area contributed by atoms with Crippen LogP contribution < -0.4 is 14.8 Å². The second-order valence-electron chi connectivity index (χ2n) is 7.62. The van der Waals surface area contributed by atoms with Crippen LogP contribution in [0.25, 0.3) is 11.3 Å². The van der Waals surface area contributed by atoms with Crippen LogP contribution in [-0.4, -0.2) is 26.2 Å². The summed E-state index contributed by atoms with van der Waals surface area (Å²) in [5, 5.41) is 2.76. The molecule has 2 heterocycles. The number of nitrogens with one attached hydrogen (secondary N) is 2. The zero-order valence-corrected chi connectivity index (χ0v) is 20.1. The van der Waals surface area contributed by atoms with Crippen LogP contribution >= 0.6 is 0 Å². The standard InChI is InChI=1S/C24H17F6N5O2S/c1-31-23-33-10-8-17(34-23)15-3-2-9-32-22(15)37-18-11-16(25)21(20(27)19(18)26)35-38(36)12-13-4-6-14(7-5-13)24(28,29)30/h2-11,35H,12H2,1H3,(H,31,33,34). The molecule has 2 N–H and O–H groups in total. The highest BCUT2D eigenvalue weighted by atomic mass is 32.2. The molecule has 0 fully saturated rings. The van der Waals surface area contributed by atoms with Crippen LogP contribution in [0.3, 0.4) is 0 Å². The Balaban J connectivity index is 1.55. The quantitative estimate of drug-likeness (QED) is 0.203. The Hall–Kier alpha value is -4.20. The first-order valence-corrected chi connectivity index (χ1v) is 12.0. The van der Waals surface area contributed by atoms with E-state index < -0.39 is 57.4 Å². The summed E-state index contributed by atoms with van der Waals surface area (Å²) in [6.07, 6.45) is -1.77. The van der Waals surface area contributed by atoms with Crippen molar-refractivity contribution in [1.29, 1.82) is 0 Å². The minimum atomic E-state index is -4.55. The number of anilines is 2. The SMILES string of the molecule is CNc1nccc(-c2cccnc2Oc2cc(F)c(NS(=O)Cc3ccc(C(F)(F)F)cc3)c(F)c2F)n1. The molecule has 0 radical (unpaired) electrons. The smallest absolute Gasteiger partial charge is 0.416 e. The van der Waals surface area contributed by atoms with Crippen LogP contribution in [0.4, 0.5) is 38.0 Å². The van der Waals surface area contributed by atoms with E-state index in [-0.39, 0.29) is 23.0 Å². The molecule has 0 saturated carbocycles. The Morgan fingerprint density at radius 2 is 1.71 bits per heavy atom. The van der Waals surface area contributed by atoms with Gasteiger partial charge in [-0.3, -0.25) is 4.72 Å². The Morgan fingerprint density at radius 3 is 2.39 bits per heavy atom. The lowest BCUT2D eigenvalue weighted by atomic mass is 10.1. The molecule has 2 aromatic carbocycles. The van der Waals surface area contributed by atoms with Crippen molar-refractivity contribution < 1.29 is 35.3 Å². The minimum absolute atomic E-state index is 0.193. The summed E-state index contributed by atoms with van der Waals surface area (Å²) < 4.78 is 102. The van der Waals surface area contributed by atoms with Crippen molar-refractivity contribution in [1.82, 2.24) is 15.0 Å². The summed E-state index contributed by atoms with van der Waals surface area (Å²) in [5.41, 5.74) is -1.13. The summed E-state index contributed by atoms with van der Waals surface area (Å²) in [6, 6.07) is 8.91. The van der Waals surface area contributed by atoms with E-state index in [4.69, 9.17) is 4.74 Å². The summed E-state index contributed by atoms with van der Waals surface area (Å²) in [7, 11) is -0.602. The van der Waals surface area contributed by atoms with Gasteiger partial charge in [-0.15, -0.1) is 0 Å². The molecule has 0 bridgehead atoms. The molecule has 0 aliphatic heterocycles. The molecule has 1 unspecified atom stereocenters. The molecule has 0 aliphatic carbocycles. The van der Waals surface area contributed by atoms with Crippen LogP contribution in [0, 0.1) is 17.5 Å². The second-order valence-corrected chi connectivity index (χ2v) is 8.80. The first-order chi connectivity index (χ1) is 18.1. The van der Waals surface area contributed by atoms with Gasteiger partial charge in [0.15, 0.2) is 17.4 Å². The Labute approximate surface area is 214 Å². The molecule has 38 heavy (non-hydrogen) atoms. The lowest BCUT2D eigenvalue weighted by Gasteiger charge is -2.14. The minimum Gasteiger partial charge on any atom is -0.435 e. The lowest BCUT2D eigenvalue weighted by Crippen LogP contribution is -2.12. The van der Waals surface area contributed by atoms with Crippen LogP contribution in [0.5, 0.6) is 11.6 Å². The Kier molecular flexibility index (Phi) is 7.80. The number of pyridine rings is 1. The van der Waals surface area contributed by atoms with E-state index in [2.05, 4.69) is 20.3 Å². The third-order valence-electron chi connectivity index (χ3n) is 5.05. The van der Waals surface area contributed by atoms with E-state index in [1.54, 1.807) is 19.2 Å². The van der Waals surface area contributed by atoms with Gasteiger partial charge in [0.25, 0.3) is 0 Å². The fourth-order valence-corrected chi connectivity index (χ4v) is 4.21.